The SMILES string of the molecule is NC(=O)NC(=O)COc1cccc([N+](=O)[O-])c1C(=O)O. The van der Waals surface area contributed by atoms with Gasteiger partial charge in [-0.2, -0.15) is 0 Å². The van der Waals surface area contributed by atoms with Crippen molar-refractivity contribution in [3.8, 4) is 5.75 Å². The van der Waals surface area contributed by atoms with Crippen LogP contribution in [0.3, 0.4) is 0 Å². The van der Waals surface area contributed by atoms with Crippen LogP contribution >= 0.6 is 0 Å². The van der Waals surface area contributed by atoms with Gasteiger partial charge < -0.3 is 15.6 Å². The van der Waals surface area contributed by atoms with Crippen molar-refractivity contribution in [1.29, 1.82) is 0 Å². The average Bonchev–Trinajstić information content (AvgIpc) is 2.34. The van der Waals surface area contributed by atoms with Crippen molar-refractivity contribution in [3.05, 3.63) is 33.9 Å². The molecule has 0 aromatic heterocycles. The molecule has 0 atom stereocenters. The molecule has 0 fully saturated rings. The molecule has 10 nitrogen and oxygen atoms in total. The second-order valence-corrected chi connectivity index (χ2v) is 3.41. The quantitative estimate of drug-likeness (QED) is 0.500. The van der Waals surface area contributed by atoms with Crippen molar-refractivity contribution in [2.45, 2.75) is 0 Å². The van der Waals surface area contributed by atoms with Crippen LogP contribution in [0.1, 0.15) is 10.4 Å². The van der Waals surface area contributed by atoms with Crippen molar-refractivity contribution >= 4 is 23.6 Å². The highest BCUT2D eigenvalue weighted by Gasteiger charge is 2.25. The van der Waals surface area contributed by atoms with Crippen LogP contribution in [0.15, 0.2) is 18.2 Å². The zero-order chi connectivity index (χ0) is 15.3. The molecular weight excluding hydrogens is 274 g/mol. The Morgan fingerprint density at radius 2 is 2.05 bits per heavy atom. The number of primary amides is 1. The smallest absolute Gasteiger partial charge is 0.346 e. The summed E-state index contributed by atoms with van der Waals surface area (Å²) >= 11 is 0. The van der Waals surface area contributed by atoms with E-state index in [1.165, 1.54) is 6.07 Å². The minimum atomic E-state index is -1.58. The largest absolute Gasteiger partial charge is 0.483 e. The van der Waals surface area contributed by atoms with Gasteiger partial charge in [0.1, 0.15) is 5.75 Å². The van der Waals surface area contributed by atoms with Gasteiger partial charge in [0.2, 0.25) is 0 Å². The summed E-state index contributed by atoms with van der Waals surface area (Å²) in [4.78, 5) is 42.3. The molecule has 20 heavy (non-hydrogen) atoms. The van der Waals surface area contributed by atoms with E-state index in [0.29, 0.717) is 0 Å². The van der Waals surface area contributed by atoms with E-state index >= 15 is 0 Å². The fourth-order valence-electron chi connectivity index (χ4n) is 1.32. The predicted molar refractivity (Wildman–Crippen MR) is 63.3 cm³/mol. The van der Waals surface area contributed by atoms with Crippen LogP contribution < -0.4 is 15.8 Å². The first-order valence-electron chi connectivity index (χ1n) is 5.05. The lowest BCUT2D eigenvalue weighted by molar-refractivity contribution is -0.385. The summed E-state index contributed by atoms with van der Waals surface area (Å²) in [5.74, 6) is -2.87. The number of carbonyl (C=O) groups excluding carboxylic acids is 2. The zero-order valence-electron chi connectivity index (χ0n) is 9.86. The van der Waals surface area contributed by atoms with Gasteiger partial charge >= 0.3 is 12.0 Å². The van der Waals surface area contributed by atoms with E-state index in [1.54, 1.807) is 5.32 Å². The van der Waals surface area contributed by atoms with Crippen molar-refractivity contribution in [3.63, 3.8) is 0 Å². The average molecular weight is 283 g/mol. The number of urea groups is 1. The van der Waals surface area contributed by atoms with Gasteiger partial charge in [-0.25, -0.2) is 9.59 Å². The lowest BCUT2D eigenvalue weighted by Crippen LogP contribution is -2.38. The zero-order valence-corrected chi connectivity index (χ0v) is 9.86. The number of nitro benzene ring substituents is 1. The lowest BCUT2D eigenvalue weighted by Gasteiger charge is -2.08. The number of carboxylic acid groups (broad SMARTS) is 1. The van der Waals surface area contributed by atoms with Gasteiger partial charge in [-0.1, -0.05) is 6.07 Å². The third kappa shape index (κ3) is 3.66. The Morgan fingerprint density at radius 3 is 2.55 bits per heavy atom. The first-order valence-corrected chi connectivity index (χ1v) is 5.05. The number of hydrogen-bond acceptors (Lipinski definition) is 6. The molecule has 0 radical (unpaired) electrons. The van der Waals surface area contributed by atoms with E-state index < -0.39 is 40.7 Å². The molecule has 0 unspecified atom stereocenters. The minimum absolute atomic E-state index is 0.369. The van der Waals surface area contributed by atoms with Gasteiger partial charge in [-0.15, -0.1) is 0 Å². The second kappa shape index (κ2) is 6.13. The molecule has 0 heterocycles. The number of benzene rings is 1. The number of nitrogens with two attached hydrogens (primary N) is 1. The van der Waals surface area contributed by atoms with Crippen LogP contribution in [0.4, 0.5) is 10.5 Å². The first kappa shape index (κ1) is 14.9. The van der Waals surface area contributed by atoms with Crippen molar-refractivity contribution < 1.29 is 29.2 Å². The Kier molecular flexibility index (Phi) is 4.56. The Balaban J connectivity index is 2.98. The number of amides is 3. The van der Waals surface area contributed by atoms with E-state index in [0.717, 1.165) is 12.1 Å². The molecule has 1 aromatic rings. The predicted octanol–water partition coefficient (Wildman–Crippen LogP) is -0.133. The first-order chi connectivity index (χ1) is 9.32. The van der Waals surface area contributed by atoms with Gasteiger partial charge in [0.05, 0.1) is 4.92 Å². The molecular formula is C10H9N3O7. The fraction of sp³-hybridized carbons (Fsp3) is 0.100. The summed E-state index contributed by atoms with van der Waals surface area (Å²) < 4.78 is 4.85. The maximum absolute atomic E-state index is 11.1. The molecule has 4 N–H and O–H groups in total. The van der Waals surface area contributed by atoms with Gasteiger partial charge in [0.15, 0.2) is 12.2 Å². The van der Waals surface area contributed by atoms with Gasteiger partial charge in [0, 0.05) is 6.07 Å². The Bertz CT molecular complexity index is 584. The number of aromatic carboxylic acids is 1. The summed E-state index contributed by atoms with van der Waals surface area (Å²) in [5.41, 5.74) is 3.33. The number of hydrogen-bond donors (Lipinski definition) is 3. The number of imide groups is 1. The van der Waals surface area contributed by atoms with Crippen LogP contribution in [0.25, 0.3) is 0 Å². The van der Waals surface area contributed by atoms with Crippen molar-refractivity contribution in [2.24, 2.45) is 5.73 Å². The highest BCUT2D eigenvalue weighted by molar-refractivity contribution is 5.96. The topological polar surface area (TPSA) is 162 Å². The number of carbonyl (C=O) groups is 3. The van der Waals surface area contributed by atoms with Gasteiger partial charge in [0.25, 0.3) is 11.6 Å². The third-order valence-corrected chi connectivity index (χ3v) is 2.04. The molecule has 0 aliphatic heterocycles. The molecule has 10 heteroatoms. The van der Waals surface area contributed by atoms with Crippen LogP contribution in [-0.4, -0.2) is 34.5 Å². The summed E-state index contributed by atoms with van der Waals surface area (Å²) in [6, 6.07) is 2.23. The monoisotopic (exact) mass is 283 g/mol. The van der Waals surface area contributed by atoms with E-state index in [-0.39, 0.29) is 5.75 Å². The summed E-state index contributed by atoms with van der Waals surface area (Å²) in [5, 5.41) is 21.3. The van der Waals surface area contributed by atoms with E-state index in [9.17, 15) is 24.5 Å². The molecule has 1 rings (SSSR count). The van der Waals surface area contributed by atoms with Crippen LogP contribution in [0, 0.1) is 10.1 Å². The maximum Gasteiger partial charge on any atom is 0.346 e. The molecule has 0 aliphatic carbocycles. The second-order valence-electron chi connectivity index (χ2n) is 3.41. The highest BCUT2D eigenvalue weighted by Crippen LogP contribution is 2.28. The summed E-state index contributed by atoms with van der Waals surface area (Å²) in [7, 11) is 0. The van der Waals surface area contributed by atoms with E-state index in [4.69, 9.17) is 15.6 Å². The van der Waals surface area contributed by atoms with E-state index in [2.05, 4.69) is 0 Å². The van der Waals surface area contributed by atoms with Gasteiger partial charge in [-0.05, 0) is 6.07 Å². The van der Waals surface area contributed by atoms with Crippen molar-refractivity contribution in [2.75, 3.05) is 6.61 Å². The number of nitrogens with one attached hydrogen (secondary N) is 1. The molecule has 0 saturated heterocycles. The highest BCUT2D eigenvalue weighted by atomic mass is 16.6. The molecule has 0 spiro atoms. The Hall–Kier alpha value is -3.17. The van der Waals surface area contributed by atoms with Crippen molar-refractivity contribution in [1.82, 2.24) is 5.32 Å². The summed E-state index contributed by atoms with van der Waals surface area (Å²) in [6.45, 7) is -0.718. The number of nitrogens with zero attached hydrogens (tertiary/aromatic N) is 1. The number of carboxylic acids is 1. The molecule has 106 valence electrons. The van der Waals surface area contributed by atoms with Crippen LogP contribution in [0.2, 0.25) is 0 Å². The normalized spacial score (nSPS) is 9.60. The standard InChI is InChI=1S/C10H9N3O7/c11-10(17)12-7(14)4-20-6-3-1-2-5(13(18)19)8(6)9(15)16/h1-3H,4H2,(H,15,16)(H3,11,12,14,17). The lowest BCUT2D eigenvalue weighted by atomic mass is 10.1. The van der Waals surface area contributed by atoms with Crippen LogP contribution in [-0.2, 0) is 4.79 Å². The number of ether oxygens (including phenoxy) is 1. The molecule has 3 amide bonds. The third-order valence-electron chi connectivity index (χ3n) is 2.04. The Morgan fingerprint density at radius 1 is 1.40 bits per heavy atom. The Labute approximate surface area is 111 Å². The fourth-order valence-corrected chi connectivity index (χ4v) is 1.32. The molecule has 1 aromatic carbocycles. The number of rotatable bonds is 5. The summed E-state index contributed by atoms with van der Waals surface area (Å²) in [6.07, 6.45) is 0. The van der Waals surface area contributed by atoms with E-state index in [1.807, 2.05) is 0 Å². The minimum Gasteiger partial charge on any atom is -0.483 e. The molecule has 0 aliphatic rings. The van der Waals surface area contributed by atoms with Crippen LogP contribution in [0.5, 0.6) is 5.75 Å². The maximum atomic E-state index is 11.1. The molecule has 0 saturated carbocycles. The van der Waals surface area contributed by atoms with Gasteiger partial charge in [-0.3, -0.25) is 20.2 Å². The number of nitro groups is 1. The molecule has 0 bridgehead atoms.